The van der Waals surface area contributed by atoms with Crippen LogP contribution in [0.1, 0.15) is 5.56 Å². The van der Waals surface area contributed by atoms with E-state index in [4.69, 9.17) is 5.73 Å². The first-order valence-corrected chi connectivity index (χ1v) is 6.24. The Kier molecular flexibility index (Phi) is 4.28. The third-order valence-electron chi connectivity index (χ3n) is 3.34. The minimum absolute atomic E-state index is 0.0887. The van der Waals surface area contributed by atoms with Gasteiger partial charge >= 0.3 is 0 Å². The van der Waals surface area contributed by atoms with Gasteiger partial charge in [-0.15, -0.1) is 0 Å². The fraction of sp³-hybridized carbons (Fsp3) is 0.538. The maximum absolute atomic E-state index is 11.4. The predicted molar refractivity (Wildman–Crippen MR) is 69.7 cm³/mol. The molecule has 2 rings (SSSR count). The van der Waals surface area contributed by atoms with Gasteiger partial charge in [0.25, 0.3) is 0 Å². The number of carbonyl (C=O) groups is 1. The number of amides is 1. The summed E-state index contributed by atoms with van der Waals surface area (Å²) in [7, 11) is 2.03. The summed E-state index contributed by atoms with van der Waals surface area (Å²) >= 11 is 0. The third-order valence-corrected chi connectivity index (χ3v) is 3.34. The molecule has 1 amide bonds. The van der Waals surface area contributed by atoms with E-state index < -0.39 is 0 Å². The summed E-state index contributed by atoms with van der Waals surface area (Å²) < 4.78 is 0. The van der Waals surface area contributed by atoms with Gasteiger partial charge in [0, 0.05) is 45.1 Å². The van der Waals surface area contributed by atoms with E-state index in [1.807, 2.05) is 19.3 Å². The molecule has 0 aliphatic carbocycles. The molecule has 0 aromatic carbocycles. The molecule has 0 unspecified atom stereocenters. The number of pyridine rings is 1. The summed E-state index contributed by atoms with van der Waals surface area (Å²) in [6.45, 7) is 4.22. The zero-order valence-corrected chi connectivity index (χ0v) is 10.7. The van der Waals surface area contributed by atoms with Crippen LogP contribution in [0.15, 0.2) is 24.5 Å². The van der Waals surface area contributed by atoms with E-state index in [1.165, 1.54) is 5.56 Å². The van der Waals surface area contributed by atoms with Crippen molar-refractivity contribution in [3.63, 3.8) is 0 Å². The molecule has 1 aromatic heterocycles. The molecule has 1 saturated heterocycles. The molecule has 1 aromatic rings. The highest BCUT2D eigenvalue weighted by molar-refractivity contribution is 5.77. The summed E-state index contributed by atoms with van der Waals surface area (Å²) in [5.41, 5.74) is 6.62. The van der Waals surface area contributed by atoms with Crippen molar-refractivity contribution in [1.29, 1.82) is 0 Å². The first-order valence-electron chi connectivity index (χ1n) is 6.24. The van der Waals surface area contributed by atoms with Gasteiger partial charge in [-0.1, -0.05) is 6.07 Å². The van der Waals surface area contributed by atoms with Crippen molar-refractivity contribution < 1.29 is 4.79 Å². The maximum atomic E-state index is 11.4. The van der Waals surface area contributed by atoms with E-state index in [9.17, 15) is 4.79 Å². The van der Waals surface area contributed by atoms with Crippen LogP contribution in [-0.4, -0.2) is 53.9 Å². The summed E-state index contributed by atoms with van der Waals surface area (Å²) in [6, 6.07) is 3.99. The lowest BCUT2D eigenvalue weighted by molar-refractivity contribution is -0.122. The molecule has 2 N–H and O–H groups in total. The van der Waals surface area contributed by atoms with Gasteiger partial charge in [-0.05, 0) is 18.7 Å². The smallest absolute Gasteiger partial charge is 0.223 e. The maximum Gasteiger partial charge on any atom is 0.223 e. The quantitative estimate of drug-likeness (QED) is 0.813. The normalized spacial score (nSPS) is 22.6. The molecule has 2 heterocycles. The lowest BCUT2D eigenvalue weighted by Gasteiger charge is -2.22. The van der Waals surface area contributed by atoms with E-state index in [-0.39, 0.29) is 11.8 Å². The minimum Gasteiger partial charge on any atom is -0.369 e. The predicted octanol–water partition coefficient (Wildman–Crippen LogP) is -0.0695. The van der Waals surface area contributed by atoms with Crippen molar-refractivity contribution in [2.24, 2.45) is 11.7 Å². The number of aromatic nitrogens is 1. The first kappa shape index (κ1) is 13.0. The van der Waals surface area contributed by atoms with Gasteiger partial charge in [-0.25, -0.2) is 0 Å². The zero-order chi connectivity index (χ0) is 13.0. The van der Waals surface area contributed by atoms with Crippen molar-refractivity contribution in [2.75, 3.05) is 33.2 Å². The Hall–Kier alpha value is -1.46. The number of nitrogens with zero attached hydrogens (tertiary/aromatic N) is 3. The Morgan fingerprint density at radius 1 is 1.50 bits per heavy atom. The van der Waals surface area contributed by atoms with Crippen LogP contribution in [0.2, 0.25) is 0 Å². The number of hydrogen-bond donors (Lipinski definition) is 1. The highest BCUT2D eigenvalue weighted by Crippen LogP contribution is 2.11. The van der Waals surface area contributed by atoms with Gasteiger partial charge in [0.1, 0.15) is 0 Å². The Morgan fingerprint density at radius 2 is 2.33 bits per heavy atom. The topological polar surface area (TPSA) is 62.5 Å². The average Bonchev–Trinajstić information content (AvgIpc) is 2.53. The van der Waals surface area contributed by atoms with Crippen LogP contribution < -0.4 is 5.73 Å². The Morgan fingerprint density at radius 3 is 3.00 bits per heavy atom. The summed E-state index contributed by atoms with van der Waals surface area (Å²) in [4.78, 5) is 20.0. The second-order valence-corrected chi connectivity index (χ2v) is 4.96. The van der Waals surface area contributed by atoms with Gasteiger partial charge in [-0.2, -0.15) is 0 Å². The second-order valence-electron chi connectivity index (χ2n) is 4.96. The molecule has 18 heavy (non-hydrogen) atoms. The third kappa shape index (κ3) is 3.51. The van der Waals surface area contributed by atoms with Crippen molar-refractivity contribution in [2.45, 2.75) is 6.54 Å². The number of likely N-dealkylation sites (N-methyl/N-ethyl adjacent to an activating group) is 1. The van der Waals surface area contributed by atoms with Crippen LogP contribution in [-0.2, 0) is 11.3 Å². The molecular formula is C13H20N4O. The standard InChI is InChI=1S/C13H20N4O/c1-16-5-6-17(10-12(9-16)13(14)18)8-11-3-2-4-15-7-11/h2-4,7,12H,5-6,8-10H2,1H3,(H2,14,18)/t12-/m1/s1. The fourth-order valence-electron chi connectivity index (χ4n) is 2.31. The van der Waals surface area contributed by atoms with Gasteiger partial charge in [0.2, 0.25) is 5.91 Å². The summed E-state index contributed by atoms with van der Waals surface area (Å²) in [6.07, 6.45) is 3.64. The highest BCUT2D eigenvalue weighted by atomic mass is 16.1. The monoisotopic (exact) mass is 248 g/mol. The van der Waals surface area contributed by atoms with Gasteiger partial charge in [-0.3, -0.25) is 14.7 Å². The summed E-state index contributed by atoms with van der Waals surface area (Å²) in [5, 5.41) is 0. The van der Waals surface area contributed by atoms with Crippen LogP contribution in [0.5, 0.6) is 0 Å². The van der Waals surface area contributed by atoms with Crippen LogP contribution in [0.3, 0.4) is 0 Å². The molecule has 0 spiro atoms. The first-order chi connectivity index (χ1) is 8.65. The lowest BCUT2D eigenvalue weighted by atomic mass is 10.1. The number of nitrogens with two attached hydrogens (primary N) is 1. The van der Waals surface area contributed by atoms with Crippen LogP contribution in [0.4, 0.5) is 0 Å². The van der Waals surface area contributed by atoms with Crippen LogP contribution >= 0.6 is 0 Å². The van der Waals surface area contributed by atoms with Crippen LogP contribution in [0.25, 0.3) is 0 Å². The Bertz CT molecular complexity index is 395. The molecule has 5 heteroatoms. The highest BCUT2D eigenvalue weighted by Gasteiger charge is 2.24. The van der Waals surface area contributed by atoms with E-state index in [2.05, 4.69) is 20.9 Å². The average molecular weight is 248 g/mol. The fourth-order valence-corrected chi connectivity index (χ4v) is 2.31. The van der Waals surface area contributed by atoms with Gasteiger partial charge in [0.05, 0.1) is 5.92 Å². The van der Waals surface area contributed by atoms with Crippen molar-refractivity contribution in [3.8, 4) is 0 Å². The summed E-state index contributed by atoms with van der Waals surface area (Å²) in [5.74, 6) is -0.297. The molecule has 1 fully saturated rings. The number of primary amides is 1. The van der Waals surface area contributed by atoms with E-state index in [1.54, 1.807) is 6.20 Å². The van der Waals surface area contributed by atoms with Crippen molar-refractivity contribution in [3.05, 3.63) is 30.1 Å². The molecule has 0 bridgehead atoms. The molecule has 98 valence electrons. The van der Waals surface area contributed by atoms with Gasteiger partial charge < -0.3 is 10.6 Å². The molecule has 0 radical (unpaired) electrons. The Labute approximate surface area is 108 Å². The number of hydrogen-bond acceptors (Lipinski definition) is 4. The minimum atomic E-state index is -0.208. The number of rotatable bonds is 3. The van der Waals surface area contributed by atoms with E-state index >= 15 is 0 Å². The SMILES string of the molecule is CN1CCN(Cc2cccnc2)C[C@H](C(N)=O)C1. The number of carbonyl (C=O) groups excluding carboxylic acids is 1. The Balaban J connectivity index is 2.01. The van der Waals surface area contributed by atoms with E-state index in [0.717, 1.165) is 32.7 Å². The van der Waals surface area contributed by atoms with Gasteiger partial charge in [0.15, 0.2) is 0 Å². The molecule has 5 nitrogen and oxygen atoms in total. The molecule has 1 aliphatic rings. The van der Waals surface area contributed by atoms with E-state index in [0.29, 0.717) is 0 Å². The molecule has 0 saturated carbocycles. The molecule has 1 atom stereocenters. The van der Waals surface area contributed by atoms with Crippen molar-refractivity contribution in [1.82, 2.24) is 14.8 Å². The second kappa shape index (κ2) is 5.93. The lowest BCUT2D eigenvalue weighted by Crippen LogP contribution is -2.37. The largest absolute Gasteiger partial charge is 0.369 e. The molecular weight excluding hydrogens is 228 g/mol. The van der Waals surface area contributed by atoms with Crippen LogP contribution in [0, 0.1) is 5.92 Å². The molecule has 1 aliphatic heterocycles. The van der Waals surface area contributed by atoms with Crippen molar-refractivity contribution >= 4 is 5.91 Å². The zero-order valence-electron chi connectivity index (χ0n) is 10.7.